The number of nitrogens with zero attached hydrogens (tertiary/aromatic N) is 5. The van der Waals surface area contributed by atoms with E-state index in [4.69, 9.17) is 0 Å². The molecule has 1 fully saturated rings. The van der Waals surface area contributed by atoms with Gasteiger partial charge in [-0.15, -0.1) is 24.0 Å². The topological polar surface area (TPSA) is 48.7 Å². The zero-order chi connectivity index (χ0) is 16.1. The monoisotopic (exact) mass is 440 g/mol. The normalized spacial score (nSPS) is 15.2. The predicted molar refractivity (Wildman–Crippen MR) is 109 cm³/mol. The second kappa shape index (κ2) is 8.91. The van der Waals surface area contributed by atoms with Crippen molar-refractivity contribution in [3.05, 3.63) is 48.4 Å². The molecule has 1 N–H and O–H groups in total. The summed E-state index contributed by atoms with van der Waals surface area (Å²) < 4.78 is 2.12. The van der Waals surface area contributed by atoms with Crippen LogP contribution in [0.25, 0.3) is 0 Å². The standard InChI is InChI=1S/C17H24N6.HI/c1-18-17(20-14-15-6-5-9-21(15)2)23-12-10-22(11-13-23)16-7-3-4-8-19-16;/h3-9H,10-14H2,1-2H3,(H,18,20);1H. The van der Waals surface area contributed by atoms with E-state index >= 15 is 0 Å². The summed E-state index contributed by atoms with van der Waals surface area (Å²) in [6.45, 7) is 4.60. The summed E-state index contributed by atoms with van der Waals surface area (Å²) >= 11 is 0. The highest BCUT2D eigenvalue weighted by molar-refractivity contribution is 14.0. The fraction of sp³-hybridized carbons (Fsp3) is 0.412. The molecule has 2 aromatic rings. The van der Waals surface area contributed by atoms with Crippen LogP contribution in [0.2, 0.25) is 0 Å². The average molecular weight is 440 g/mol. The van der Waals surface area contributed by atoms with Crippen LogP contribution in [0.5, 0.6) is 0 Å². The van der Waals surface area contributed by atoms with Crippen LogP contribution in [-0.2, 0) is 13.6 Å². The summed E-state index contributed by atoms with van der Waals surface area (Å²) in [5.74, 6) is 2.02. The number of piperazine rings is 1. The number of pyridine rings is 1. The number of aliphatic imine (C=N–C) groups is 1. The van der Waals surface area contributed by atoms with E-state index in [0.29, 0.717) is 0 Å². The van der Waals surface area contributed by atoms with E-state index < -0.39 is 0 Å². The number of aromatic nitrogens is 2. The quantitative estimate of drug-likeness (QED) is 0.451. The molecule has 0 saturated carbocycles. The van der Waals surface area contributed by atoms with E-state index in [1.165, 1.54) is 5.69 Å². The molecule has 6 nitrogen and oxygen atoms in total. The van der Waals surface area contributed by atoms with Crippen molar-refractivity contribution in [3.8, 4) is 0 Å². The molecule has 0 radical (unpaired) electrons. The molecular formula is C17H25IN6. The molecule has 24 heavy (non-hydrogen) atoms. The Kier molecular flexibility index (Phi) is 6.89. The Hall–Kier alpha value is -1.77. The van der Waals surface area contributed by atoms with Gasteiger partial charge < -0.3 is 19.7 Å². The van der Waals surface area contributed by atoms with Crippen LogP contribution >= 0.6 is 24.0 Å². The van der Waals surface area contributed by atoms with Crippen LogP contribution in [0.3, 0.4) is 0 Å². The van der Waals surface area contributed by atoms with Crippen LogP contribution < -0.4 is 10.2 Å². The molecule has 0 atom stereocenters. The smallest absolute Gasteiger partial charge is 0.194 e. The number of guanidine groups is 1. The number of rotatable bonds is 3. The number of anilines is 1. The fourth-order valence-corrected chi connectivity index (χ4v) is 2.87. The first-order valence-electron chi connectivity index (χ1n) is 7.99. The molecular weight excluding hydrogens is 415 g/mol. The highest BCUT2D eigenvalue weighted by atomic mass is 127. The summed E-state index contributed by atoms with van der Waals surface area (Å²) in [6.07, 6.45) is 3.91. The van der Waals surface area contributed by atoms with Crippen molar-refractivity contribution in [2.45, 2.75) is 6.54 Å². The minimum Gasteiger partial charge on any atom is -0.353 e. The van der Waals surface area contributed by atoms with Gasteiger partial charge in [-0.3, -0.25) is 4.99 Å². The number of aryl methyl sites for hydroxylation is 1. The van der Waals surface area contributed by atoms with E-state index in [-0.39, 0.29) is 24.0 Å². The highest BCUT2D eigenvalue weighted by Gasteiger charge is 2.20. The van der Waals surface area contributed by atoms with Crippen LogP contribution in [0, 0.1) is 0 Å². The molecule has 1 aliphatic heterocycles. The molecule has 1 saturated heterocycles. The molecule has 0 amide bonds. The molecule has 3 rings (SSSR count). The van der Waals surface area contributed by atoms with Gasteiger partial charge in [-0.1, -0.05) is 6.07 Å². The Labute approximate surface area is 160 Å². The lowest BCUT2D eigenvalue weighted by Gasteiger charge is -2.37. The van der Waals surface area contributed by atoms with E-state index in [9.17, 15) is 0 Å². The lowest BCUT2D eigenvalue weighted by Crippen LogP contribution is -2.52. The molecule has 1 aliphatic rings. The summed E-state index contributed by atoms with van der Waals surface area (Å²) in [5, 5.41) is 3.46. The number of nitrogens with one attached hydrogen (secondary N) is 1. The maximum absolute atomic E-state index is 4.43. The van der Waals surface area contributed by atoms with Crippen LogP contribution in [0.4, 0.5) is 5.82 Å². The van der Waals surface area contributed by atoms with Crippen molar-refractivity contribution in [2.75, 3.05) is 38.1 Å². The second-order valence-electron chi connectivity index (χ2n) is 5.67. The first-order chi connectivity index (χ1) is 11.3. The van der Waals surface area contributed by atoms with Gasteiger partial charge in [-0.25, -0.2) is 4.98 Å². The van der Waals surface area contributed by atoms with Crippen molar-refractivity contribution in [1.29, 1.82) is 0 Å². The Balaban J connectivity index is 0.00000208. The number of halogens is 1. The van der Waals surface area contributed by atoms with Gasteiger partial charge in [0.25, 0.3) is 0 Å². The average Bonchev–Trinajstić information content (AvgIpc) is 3.02. The first-order valence-corrected chi connectivity index (χ1v) is 7.99. The van der Waals surface area contributed by atoms with Crippen molar-refractivity contribution < 1.29 is 0 Å². The third-order valence-corrected chi connectivity index (χ3v) is 4.24. The Morgan fingerprint density at radius 1 is 1.17 bits per heavy atom. The van der Waals surface area contributed by atoms with Crippen molar-refractivity contribution in [2.24, 2.45) is 12.0 Å². The van der Waals surface area contributed by atoms with Crippen molar-refractivity contribution in [1.82, 2.24) is 19.8 Å². The van der Waals surface area contributed by atoms with E-state index in [1.54, 1.807) is 0 Å². The third-order valence-electron chi connectivity index (χ3n) is 4.24. The summed E-state index contributed by atoms with van der Waals surface area (Å²) in [5.41, 5.74) is 1.25. The number of hydrogen-bond donors (Lipinski definition) is 1. The maximum atomic E-state index is 4.43. The Morgan fingerprint density at radius 3 is 2.54 bits per heavy atom. The lowest BCUT2D eigenvalue weighted by molar-refractivity contribution is 0.371. The summed E-state index contributed by atoms with van der Waals surface area (Å²) in [7, 11) is 3.91. The minimum atomic E-state index is 0. The number of hydrogen-bond acceptors (Lipinski definition) is 3. The van der Waals surface area contributed by atoms with Crippen LogP contribution in [0.1, 0.15) is 5.69 Å². The van der Waals surface area contributed by atoms with Gasteiger partial charge in [0.2, 0.25) is 0 Å². The largest absolute Gasteiger partial charge is 0.353 e. The van der Waals surface area contributed by atoms with Gasteiger partial charge in [0.1, 0.15) is 5.82 Å². The van der Waals surface area contributed by atoms with Gasteiger partial charge in [-0.2, -0.15) is 0 Å². The first kappa shape index (κ1) is 18.6. The van der Waals surface area contributed by atoms with Gasteiger partial charge in [0.05, 0.1) is 6.54 Å². The van der Waals surface area contributed by atoms with E-state index in [1.807, 2.05) is 25.4 Å². The minimum absolute atomic E-state index is 0. The SMILES string of the molecule is CN=C(NCc1cccn1C)N1CCN(c2ccccn2)CC1.I. The lowest BCUT2D eigenvalue weighted by atomic mass is 10.3. The second-order valence-corrected chi connectivity index (χ2v) is 5.67. The maximum Gasteiger partial charge on any atom is 0.194 e. The molecule has 7 heteroatoms. The van der Waals surface area contributed by atoms with Gasteiger partial charge in [0.15, 0.2) is 5.96 Å². The van der Waals surface area contributed by atoms with Crippen LogP contribution in [0.15, 0.2) is 47.7 Å². The zero-order valence-corrected chi connectivity index (χ0v) is 16.6. The molecule has 0 unspecified atom stereocenters. The Morgan fingerprint density at radius 2 is 1.96 bits per heavy atom. The molecule has 0 spiro atoms. The molecule has 2 aromatic heterocycles. The van der Waals surface area contributed by atoms with E-state index in [2.05, 4.69) is 61.1 Å². The van der Waals surface area contributed by atoms with E-state index in [0.717, 1.165) is 44.5 Å². The van der Waals surface area contributed by atoms with Crippen molar-refractivity contribution in [3.63, 3.8) is 0 Å². The molecule has 0 aliphatic carbocycles. The molecule has 3 heterocycles. The van der Waals surface area contributed by atoms with Gasteiger partial charge in [-0.05, 0) is 24.3 Å². The molecule has 130 valence electrons. The summed E-state index contributed by atoms with van der Waals surface area (Å²) in [6, 6.07) is 10.2. The van der Waals surface area contributed by atoms with Crippen molar-refractivity contribution >= 4 is 35.8 Å². The molecule has 0 bridgehead atoms. The highest BCUT2D eigenvalue weighted by Crippen LogP contribution is 2.12. The predicted octanol–water partition coefficient (Wildman–Crippen LogP) is 1.94. The third kappa shape index (κ3) is 4.40. The van der Waals surface area contributed by atoms with Crippen LogP contribution in [-0.4, -0.2) is 53.6 Å². The fourth-order valence-electron chi connectivity index (χ4n) is 2.87. The van der Waals surface area contributed by atoms with Gasteiger partial charge >= 0.3 is 0 Å². The van der Waals surface area contributed by atoms with Gasteiger partial charge in [0, 0.05) is 58.4 Å². The summed E-state index contributed by atoms with van der Waals surface area (Å²) in [4.78, 5) is 13.5. The molecule has 0 aromatic carbocycles. The Bertz CT molecular complexity index is 646. The zero-order valence-electron chi connectivity index (χ0n) is 14.2.